The molecule has 0 fully saturated rings. The van der Waals surface area contributed by atoms with E-state index in [0.717, 1.165) is 67.2 Å². The first kappa shape index (κ1) is 29.0. The smallest absolute Gasteiger partial charge is 0.249 e. The molecule has 0 saturated carbocycles. The van der Waals surface area contributed by atoms with Crippen LogP contribution in [0.5, 0.6) is 5.75 Å². The molecule has 39 heavy (non-hydrogen) atoms. The van der Waals surface area contributed by atoms with Crippen LogP contribution in [0.4, 0.5) is 4.39 Å². The van der Waals surface area contributed by atoms with Gasteiger partial charge < -0.3 is 9.30 Å². The Balaban J connectivity index is 1.76. The minimum absolute atomic E-state index is 0.105. The third-order valence-corrected chi connectivity index (χ3v) is 6.67. The molecule has 0 saturated heterocycles. The number of benzene rings is 3. The van der Waals surface area contributed by atoms with Gasteiger partial charge in [-0.3, -0.25) is 4.90 Å². The van der Waals surface area contributed by atoms with Crippen molar-refractivity contribution in [3.8, 4) is 28.4 Å². The average molecular weight is 546 g/mol. The Bertz CT molecular complexity index is 1300. The predicted molar refractivity (Wildman–Crippen MR) is 163 cm³/mol. The first-order valence-corrected chi connectivity index (χ1v) is 14.5. The highest BCUT2D eigenvalue weighted by Gasteiger charge is 2.24. The zero-order chi connectivity index (χ0) is 27.8. The molecular weight excluding hydrogens is 504 g/mol. The van der Waals surface area contributed by atoms with Gasteiger partial charge in [-0.15, -0.1) is 0 Å². The zero-order valence-electron chi connectivity index (χ0n) is 23.6. The summed E-state index contributed by atoms with van der Waals surface area (Å²) >= 11 is 0. The summed E-state index contributed by atoms with van der Waals surface area (Å²) in [5.74, 6) is 1.55. The summed E-state index contributed by atoms with van der Waals surface area (Å²) in [6.45, 7) is 12.4. The molecule has 1 aromatic heterocycles. The standard InChI is InChI=1S/C33H41FN3OP/c1-5-6-21-37-29(30(26-13-9-7-10-14-26)35-31(37)27-15-11-8-12-16-27)23-36(24-33(2,3)4)22-25-17-19-28(20-18-25)38-32(34)39/h7-20,32H,5-6,21-24,39H2,1-4H3. The molecule has 0 bridgehead atoms. The lowest BCUT2D eigenvalue weighted by Gasteiger charge is -2.31. The maximum absolute atomic E-state index is 13.3. The van der Waals surface area contributed by atoms with Crippen molar-refractivity contribution in [3.05, 3.63) is 96.2 Å². The topological polar surface area (TPSA) is 30.3 Å². The number of halogens is 1. The van der Waals surface area contributed by atoms with Crippen LogP contribution < -0.4 is 4.74 Å². The minimum atomic E-state index is -1.41. The number of unbranched alkanes of at least 4 members (excludes halogenated alkanes) is 1. The lowest BCUT2D eigenvalue weighted by atomic mass is 9.95. The number of ether oxygens (including phenoxy) is 1. The Morgan fingerprint density at radius 2 is 1.51 bits per heavy atom. The van der Waals surface area contributed by atoms with E-state index in [0.29, 0.717) is 5.75 Å². The van der Waals surface area contributed by atoms with E-state index in [2.05, 4.69) is 97.8 Å². The van der Waals surface area contributed by atoms with E-state index < -0.39 is 6.10 Å². The molecule has 0 spiro atoms. The van der Waals surface area contributed by atoms with Gasteiger partial charge in [0.05, 0.1) is 11.4 Å². The molecule has 4 nitrogen and oxygen atoms in total. The fraction of sp³-hybridized carbons (Fsp3) is 0.364. The summed E-state index contributed by atoms with van der Waals surface area (Å²) in [6, 6.07) is 28.8. The quantitative estimate of drug-likeness (QED) is 0.167. The van der Waals surface area contributed by atoms with Gasteiger partial charge in [-0.1, -0.05) is 116 Å². The Morgan fingerprint density at radius 3 is 2.08 bits per heavy atom. The highest BCUT2D eigenvalue weighted by molar-refractivity contribution is 7.16. The molecule has 0 N–H and O–H groups in total. The van der Waals surface area contributed by atoms with Crippen LogP contribution in [0, 0.1) is 5.41 Å². The first-order chi connectivity index (χ1) is 18.7. The monoisotopic (exact) mass is 545 g/mol. The summed E-state index contributed by atoms with van der Waals surface area (Å²) in [5.41, 5.74) is 5.82. The summed E-state index contributed by atoms with van der Waals surface area (Å²) < 4.78 is 20.9. The van der Waals surface area contributed by atoms with Crippen LogP contribution in [0.3, 0.4) is 0 Å². The van der Waals surface area contributed by atoms with Crippen molar-refractivity contribution in [2.24, 2.45) is 5.41 Å². The largest absolute Gasteiger partial charge is 0.457 e. The van der Waals surface area contributed by atoms with E-state index in [1.807, 2.05) is 33.5 Å². The number of alkyl halides is 1. The van der Waals surface area contributed by atoms with Crippen molar-refractivity contribution in [1.29, 1.82) is 0 Å². The molecular formula is C33H41FN3OP. The normalized spacial score (nSPS) is 12.6. The van der Waals surface area contributed by atoms with E-state index >= 15 is 0 Å². The molecule has 2 unspecified atom stereocenters. The Morgan fingerprint density at radius 1 is 0.897 bits per heavy atom. The third-order valence-electron chi connectivity index (χ3n) is 6.54. The lowest BCUT2D eigenvalue weighted by Crippen LogP contribution is -2.33. The molecule has 206 valence electrons. The van der Waals surface area contributed by atoms with Crippen LogP contribution >= 0.6 is 9.24 Å². The van der Waals surface area contributed by atoms with Crippen molar-refractivity contribution >= 4 is 9.24 Å². The van der Waals surface area contributed by atoms with Gasteiger partial charge in [0, 0.05) is 37.3 Å². The fourth-order valence-corrected chi connectivity index (χ4v) is 5.11. The fourth-order valence-electron chi connectivity index (χ4n) is 4.95. The SMILES string of the molecule is CCCCn1c(-c2ccccc2)nc(-c2ccccc2)c1CN(Cc1ccc(OC(F)P)cc1)CC(C)(C)C. The van der Waals surface area contributed by atoms with Gasteiger partial charge in [0.25, 0.3) is 0 Å². The molecule has 0 radical (unpaired) electrons. The van der Waals surface area contributed by atoms with Crippen LogP contribution in [0.15, 0.2) is 84.9 Å². The van der Waals surface area contributed by atoms with E-state index in [1.54, 1.807) is 0 Å². The summed E-state index contributed by atoms with van der Waals surface area (Å²) in [6.07, 6.45) is 0.790. The second kappa shape index (κ2) is 13.4. The van der Waals surface area contributed by atoms with E-state index in [4.69, 9.17) is 9.72 Å². The van der Waals surface area contributed by atoms with Gasteiger partial charge in [-0.25, -0.2) is 4.98 Å². The highest BCUT2D eigenvalue weighted by atomic mass is 31.0. The number of imidazole rings is 1. The molecule has 2 atom stereocenters. The number of nitrogens with zero attached hydrogens (tertiary/aromatic N) is 3. The first-order valence-electron chi connectivity index (χ1n) is 13.8. The Labute approximate surface area is 235 Å². The van der Waals surface area contributed by atoms with Gasteiger partial charge in [0.15, 0.2) is 0 Å². The van der Waals surface area contributed by atoms with Crippen molar-refractivity contribution < 1.29 is 9.13 Å². The molecule has 3 aromatic carbocycles. The number of rotatable bonds is 12. The molecule has 4 rings (SSSR count). The maximum Gasteiger partial charge on any atom is 0.249 e. The van der Waals surface area contributed by atoms with Crippen molar-refractivity contribution in [3.63, 3.8) is 0 Å². The molecule has 0 aliphatic carbocycles. The summed E-state index contributed by atoms with van der Waals surface area (Å²) in [5, 5.41) is 0. The van der Waals surface area contributed by atoms with Gasteiger partial charge >= 0.3 is 0 Å². The molecule has 0 aliphatic heterocycles. The maximum atomic E-state index is 13.3. The minimum Gasteiger partial charge on any atom is -0.457 e. The molecule has 0 aliphatic rings. The van der Waals surface area contributed by atoms with Crippen LogP contribution in [-0.2, 0) is 19.6 Å². The van der Waals surface area contributed by atoms with Crippen LogP contribution in [0.2, 0.25) is 0 Å². The highest BCUT2D eigenvalue weighted by Crippen LogP contribution is 2.32. The van der Waals surface area contributed by atoms with Gasteiger partial charge in [0.2, 0.25) is 6.10 Å². The van der Waals surface area contributed by atoms with Crippen molar-refractivity contribution in [2.75, 3.05) is 6.54 Å². The second-order valence-corrected chi connectivity index (χ2v) is 11.8. The molecule has 4 aromatic rings. The molecule has 0 amide bonds. The van der Waals surface area contributed by atoms with Gasteiger partial charge in [-0.2, -0.15) is 4.39 Å². The van der Waals surface area contributed by atoms with E-state index in [9.17, 15) is 4.39 Å². The average Bonchev–Trinajstić information content (AvgIpc) is 3.26. The summed E-state index contributed by atoms with van der Waals surface area (Å²) in [4.78, 5) is 7.79. The number of hydrogen-bond acceptors (Lipinski definition) is 3. The Kier molecular flexibility index (Phi) is 9.94. The molecule has 1 heterocycles. The Hall–Kier alpha value is -3.01. The van der Waals surface area contributed by atoms with E-state index in [1.165, 1.54) is 5.69 Å². The van der Waals surface area contributed by atoms with E-state index in [-0.39, 0.29) is 5.41 Å². The predicted octanol–water partition coefficient (Wildman–Crippen LogP) is 8.57. The van der Waals surface area contributed by atoms with Gasteiger partial charge in [0.1, 0.15) is 11.6 Å². The number of aromatic nitrogens is 2. The third kappa shape index (κ3) is 8.24. The van der Waals surface area contributed by atoms with Gasteiger partial charge in [-0.05, 0) is 29.5 Å². The zero-order valence-corrected chi connectivity index (χ0v) is 24.8. The van der Waals surface area contributed by atoms with Crippen molar-refractivity contribution in [2.45, 2.75) is 66.3 Å². The summed E-state index contributed by atoms with van der Waals surface area (Å²) in [7, 11) is 2.02. The number of hydrogen-bond donors (Lipinski definition) is 0. The van der Waals surface area contributed by atoms with Crippen molar-refractivity contribution in [1.82, 2.24) is 14.5 Å². The van der Waals surface area contributed by atoms with Crippen LogP contribution in [0.1, 0.15) is 51.8 Å². The lowest BCUT2D eigenvalue weighted by molar-refractivity contribution is 0.153. The molecule has 6 heteroatoms. The van der Waals surface area contributed by atoms with Crippen LogP contribution in [0.25, 0.3) is 22.6 Å². The van der Waals surface area contributed by atoms with Crippen LogP contribution in [-0.4, -0.2) is 27.1 Å². The second-order valence-electron chi connectivity index (χ2n) is 11.3.